The normalized spacial score (nSPS) is 10.9. The summed E-state index contributed by atoms with van der Waals surface area (Å²) in [7, 11) is 0. The van der Waals surface area contributed by atoms with Crippen LogP contribution >= 0.6 is 11.3 Å². The Morgan fingerprint density at radius 1 is 1.33 bits per heavy atom. The molecular weight excluding hydrogens is 244 g/mol. The Labute approximate surface area is 112 Å². The standard InChI is InChI=1S/C13H18N4S/c1-9(2)11-6-12(16-8-15-11)14-5-4-13-17-10(3)7-18-13/h6-9H,4-5H2,1-3H3,(H,14,15,16). The molecule has 0 saturated carbocycles. The predicted octanol–water partition coefficient (Wildman–Crippen LogP) is 3.02. The Kier molecular flexibility index (Phi) is 4.25. The van der Waals surface area contributed by atoms with Crippen molar-refractivity contribution in [1.29, 1.82) is 0 Å². The number of aryl methyl sites for hydroxylation is 1. The molecule has 1 N–H and O–H groups in total. The van der Waals surface area contributed by atoms with Gasteiger partial charge in [0.25, 0.3) is 0 Å². The van der Waals surface area contributed by atoms with E-state index in [1.165, 1.54) is 0 Å². The third-order valence-electron chi connectivity index (χ3n) is 2.59. The number of thiazole rings is 1. The van der Waals surface area contributed by atoms with E-state index in [0.29, 0.717) is 5.92 Å². The van der Waals surface area contributed by atoms with E-state index >= 15 is 0 Å². The van der Waals surface area contributed by atoms with E-state index in [1.807, 2.05) is 13.0 Å². The molecule has 0 aromatic carbocycles. The summed E-state index contributed by atoms with van der Waals surface area (Å²) in [6, 6.07) is 2.01. The van der Waals surface area contributed by atoms with Crippen molar-refractivity contribution < 1.29 is 0 Å². The summed E-state index contributed by atoms with van der Waals surface area (Å²) >= 11 is 1.71. The minimum absolute atomic E-state index is 0.426. The molecule has 0 atom stereocenters. The molecule has 0 aliphatic rings. The van der Waals surface area contributed by atoms with E-state index in [0.717, 1.165) is 35.2 Å². The van der Waals surface area contributed by atoms with Gasteiger partial charge in [-0.05, 0) is 12.8 Å². The van der Waals surface area contributed by atoms with Crippen LogP contribution in [0.25, 0.3) is 0 Å². The molecule has 0 spiro atoms. The van der Waals surface area contributed by atoms with Crippen molar-refractivity contribution in [3.05, 3.63) is 34.2 Å². The van der Waals surface area contributed by atoms with Crippen LogP contribution in [0.5, 0.6) is 0 Å². The van der Waals surface area contributed by atoms with Gasteiger partial charge in [-0.15, -0.1) is 11.3 Å². The second kappa shape index (κ2) is 5.91. The van der Waals surface area contributed by atoms with Gasteiger partial charge in [-0.3, -0.25) is 0 Å². The highest BCUT2D eigenvalue weighted by Gasteiger charge is 2.03. The fourth-order valence-corrected chi connectivity index (χ4v) is 2.38. The van der Waals surface area contributed by atoms with E-state index in [4.69, 9.17) is 0 Å². The summed E-state index contributed by atoms with van der Waals surface area (Å²) in [5, 5.41) is 6.56. The fraction of sp³-hybridized carbons (Fsp3) is 0.462. The molecule has 2 aromatic rings. The maximum absolute atomic E-state index is 4.43. The first kappa shape index (κ1) is 13.0. The summed E-state index contributed by atoms with van der Waals surface area (Å²) in [5.74, 6) is 1.32. The molecule has 18 heavy (non-hydrogen) atoms. The van der Waals surface area contributed by atoms with Crippen molar-refractivity contribution in [2.45, 2.75) is 33.1 Å². The van der Waals surface area contributed by atoms with Crippen LogP contribution in [0.4, 0.5) is 5.82 Å². The average Bonchev–Trinajstić information content (AvgIpc) is 2.75. The average molecular weight is 262 g/mol. The Bertz CT molecular complexity index is 507. The number of nitrogens with one attached hydrogen (secondary N) is 1. The first-order valence-electron chi connectivity index (χ1n) is 6.12. The molecule has 96 valence electrons. The van der Waals surface area contributed by atoms with Gasteiger partial charge in [0, 0.05) is 35.8 Å². The largest absolute Gasteiger partial charge is 0.370 e. The topological polar surface area (TPSA) is 50.7 Å². The molecule has 0 saturated heterocycles. The van der Waals surface area contributed by atoms with Crippen molar-refractivity contribution in [3.8, 4) is 0 Å². The van der Waals surface area contributed by atoms with Crippen LogP contribution < -0.4 is 5.32 Å². The third-order valence-corrected chi connectivity index (χ3v) is 3.62. The van der Waals surface area contributed by atoms with Crippen molar-refractivity contribution in [2.75, 3.05) is 11.9 Å². The number of rotatable bonds is 5. The van der Waals surface area contributed by atoms with E-state index in [-0.39, 0.29) is 0 Å². The van der Waals surface area contributed by atoms with Gasteiger partial charge in [-0.25, -0.2) is 15.0 Å². The van der Waals surface area contributed by atoms with E-state index < -0.39 is 0 Å². The minimum atomic E-state index is 0.426. The number of anilines is 1. The van der Waals surface area contributed by atoms with Gasteiger partial charge in [0.05, 0.1) is 5.01 Å². The van der Waals surface area contributed by atoms with Crippen molar-refractivity contribution in [3.63, 3.8) is 0 Å². The monoisotopic (exact) mass is 262 g/mol. The van der Waals surface area contributed by atoms with Crippen LogP contribution in [-0.2, 0) is 6.42 Å². The van der Waals surface area contributed by atoms with E-state index in [9.17, 15) is 0 Å². The molecular formula is C13H18N4S. The van der Waals surface area contributed by atoms with Gasteiger partial charge in [-0.1, -0.05) is 13.8 Å². The molecule has 0 unspecified atom stereocenters. The van der Waals surface area contributed by atoms with Crippen LogP contribution in [0.2, 0.25) is 0 Å². The highest BCUT2D eigenvalue weighted by Crippen LogP contribution is 2.14. The Hall–Kier alpha value is -1.49. The molecule has 0 aliphatic carbocycles. The van der Waals surface area contributed by atoms with Crippen molar-refractivity contribution in [1.82, 2.24) is 15.0 Å². The van der Waals surface area contributed by atoms with Crippen LogP contribution in [0.1, 0.15) is 36.2 Å². The molecule has 0 radical (unpaired) electrons. The summed E-state index contributed by atoms with van der Waals surface area (Å²) in [6.45, 7) is 7.13. The Balaban J connectivity index is 1.88. The highest BCUT2D eigenvalue weighted by atomic mass is 32.1. The number of aromatic nitrogens is 3. The summed E-state index contributed by atoms with van der Waals surface area (Å²) in [4.78, 5) is 12.9. The van der Waals surface area contributed by atoms with E-state index in [2.05, 4.69) is 39.5 Å². The molecule has 0 aliphatic heterocycles. The van der Waals surface area contributed by atoms with Crippen molar-refractivity contribution in [2.24, 2.45) is 0 Å². The van der Waals surface area contributed by atoms with Crippen LogP contribution in [0, 0.1) is 6.92 Å². The summed E-state index contributed by atoms with van der Waals surface area (Å²) in [6.07, 6.45) is 2.55. The number of nitrogens with zero attached hydrogens (tertiary/aromatic N) is 3. The summed E-state index contributed by atoms with van der Waals surface area (Å²) < 4.78 is 0. The van der Waals surface area contributed by atoms with Gasteiger partial charge in [0.15, 0.2) is 0 Å². The van der Waals surface area contributed by atoms with Gasteiger partial charge < -0.3 is 5.32 Å². The zero-order valence-corrected chi connectivity index (χ0v) is 11.8. The zero-order chi connectivity index (χ0) is 13.0. The van der Waals surface area contributed by atoms with E-state index in [1.54, 1.807) is 17.7 Å². The molecule has 0 bridgehead atoms. The van der Waals surface area contributed by atoms with Crippen LogP contribution in [0.15, 0.2) is 17.8 Å². The third kappa shape index (κ3) is 3.50. The lowest BCUT2D eigenvalue weighted by Gasteiger charge is -2.07. The van der Waals surface area contributed by atoms with Gasteiger partial charge in [0.2, 0.25) is 0 Å². The second-order valence-corrected chi connectivity index (χ2v) is 5.48. The predicted molar refractivity (Wildman–Crippen MR) is 75.2 cm³/mol. The SMILES string of the molecule is Cc1csc(CCNc2cc(C(C)C)ncn2)n1. The molecule has 4 nitrogen and oxygen atoms in total. The van der Waals surface area contributed by atoms with Gasteiger partial charge in [0.1, 0.15) is 12.1 Å². The van der Waals surface area contributed by atoms with Gasteiger partial charge >= 0.3 is 0 Å². The first-order valence-corrected chi connectivity index (χ1v) is 7.00. The molecule has 2 heterocycles. The smallest absolute Gasteiger partial charge is 0.129 e. The molecule has 2 rings (SSSR count). The Morgan fingerprint density at radius 3 is 2.83 bits per heavy atom. The lowest BCUT2D eigenvalue weighted by atomic mass is 10.1. The molecule has 0 fully saturated rings. The highest BCUT2D eigenvalue weighted by molar-refractivity contribution is 7.09. The Morgan fingerprint density at radius 2 is 2.17 bits per heavy atom. The maximum Gasteiger partial charge on any atom is 0.129 e. The molecule has 2 aromatic heterocycles. The number of hydrogen-bond acceptors (Lipinski definition) is 5. The number of hydrogen-bond donors (Lipinski definition) is 1. The zero-order valence-electron chi connectivity index (χ0n) is 11.0. The minimum Gasteiger partial charge on any atom is -0.370 e. The van der Waals surface area contributed by atoms with Crippen molar-refractivity contribution >= 4 is 17.2 Å². The lowest BCUT2D eigenvalue weighted by molar-refractivity contribution is 0.813. The lowest BCUT2D eigenvalue weighted by Crippen LogP contribution is -2.07. The molecule has 0 amide bonds. The maximum atomic E-state index is 4.43. The first-order chi connectivity index (χ1) is 8.65. The van der Waals surface area contributed by atoms with Gasteiger partial charge in [-0.2, -0.15) is 0 Å². The molecule has 5 heteroatoms. The second-order valence-electron chi connectivity index (χ2n) is 4.54. The van der Waals surface area contributed by atoms with Crippen LogP contribution in [-0.4, -0.2) is 21.5 Å². The quantitative estimate of drug-likeness (QED) is 0.900. The van der Waals surface area contributed by atoms with Crippen LogP contribution in [0.3, 0.4) is 0 Å². The summed E-state index contributed by atoms with van der Waals surface area (Å²) in [5.41, 5.74) is 2.16. The fourth-order valence-electron chi connectivity index (χ4n) is 1.60.